The molecule has 1 aromatic rings. The minimum Gasteiger partial charge on any atom is -0.390 e. The SMILES string of the molecule is Cc1c(C(=O)N2CCC3(CC2)OCCCC3O)c[nH]c(=O)c1C#N. The van der Waals surface area contributed by atoms with Crippen LogP contribution in [0, 0.1) is 18.3 Å². The largest absolute Gasteiger partial charge is 0.390 e. The average molecular weight is 331 g/mol. The molecule has 3 heterocycles. The number of hydrogen-bond donors (Lipinski definition) is 2. The molecule has 128 valence electrons. The number of hydrogen-bond acceptors (Lipinski definition) is 5. The molecule has 0 bridgehead atoms. The Morgan fingerprint density at radius 1 is 1.50 bits per heavy atom. The molecular formula is C17H21N3O4. The van der Waals surface area contributed by atoms with Gasteiger partial charge in [0.15, 0.2) is 0 Å². The minimum atomic E-state index is -0.535. The van der Waals surface area contributed by atoms with Crippen molar-refractivity contribution < 1.29 is 14.6 Å². The molecule has 0 radical (unpaired) electrons. The summed E-state index contributed by atoms with van der Waals surface area (Å²) in [5.41, 5.74) is -0.302. The second-order valence-corrected chi connectivity index (χ2v) is 6.51. The highest BCUT2D eigenvalue weighted by atomic mass is 16.5. The summed E-state index contributed by atoms with van der Waals surface area (Å²) >= 11 is 0. The van der Waals surface area contributed by atoms with Crippen molar-refractivity contribution in [1.82, 2.24) is 9.88 Å². The lowest BCUT2D eigenvalue weighted by Gasteiger charge is -2.46. The predicted molar refractivity (Wildman–Crippen MR) is 85.6 cm³/mol. The number of aromatic amines is 1. The van der Waals surface area contributed by atoms with Gasteiger partial charge in [-0.15, -0.1) is 0 Å². The summed E-state index contributed by atoms with van der Waals surface area (Å²) in [6, 6.07) is 1.85. The second-order valence-electron chi connectivity index (χ2n) is 6.51. The maximum Gasteiger partial charge on any atom is 0.266 e. The first kappa shape index (κ1) is 16.7. The molecule has 0 aliphatic carbocycles. The molecule has 7 nitrogen and oxygen atoms in total. The van der Waals surface area contributed by atoms with Crippen LogP contribution in [0.5, 0.6) is 0 Å². The number of nitriles is 1. The molecule has 1 atom stereocenters. The standard InChI is InChI=1S/C17H21N3O4/c1-11-12(9-18)15(22)19-10-13(11)16(23)20-6-4-17(5-7-20)14(21)3-2-8-24-17/h10,14,21H,2-8H2,1H3,(H,19,22). The van der Waals surface area contributed by atoms with Crippen LogP contribution in [0.25, 0.3) is 0 Å². The molecule has 0 saturated carbocycles. The van der Waals surface area contributed by atoms with Gasteiger partial charge in [-0.05, 0) is 38.2 Å². The van der Waals surface area contributed by atoms with Crippen molar-refractivity contribution in [2.24, 2.45) is 0 Å². The van der Waals surface area contributed by atoms with Gasteiger partial charge >= 0.3 is 0 Å². The third kappa shape index (κ3) is 2.72. The molecule has 2 saturated heterocycles. The van der Waals surface area contributed by atoms with E-state index in [1.807, 2.05) is 6.07 Å². The van der Waals surface area contributed by atoms with E-state index in [1.165, 1.54) is 6.20 Å². The fourth-order valence-corrected chi connectivity index (χ4v) is 3.63. The van der Waals surface area contributed by atoms with Gasteiger partial charge in [0.1, 0.15) is 11.6 Å². The zero-order chi connectivity index (χ0) is 17.3. The van der Waals surface area contributed by atoms with Crippen molar-refractivity contribution in [3.05, 3.63) is 33.2 Å². The lowest BCUT2D eigenvalue weighted by Crippen LogP contribution is -2.56. The van der Waals surface area contributed by atoms with E-state index in [1.54, 1.807) is 11.8 Å². The van der Waals surface area contributed by atoms with Crippen LogP contribution in [0.15, 0.2) is 11.0 Å². The van der Waals surface area contributed by atoms with Crippen molar-refractivity contribution in [3.8, 4) is 6.07 Å². The first-order chi connectivity index (χ1) is 11.5. The van der Waals surface area contributed by atoms with E-state index in [9.17, 15) is 14.7 Å². The molecule has 1 aromatic heterocycles. The quantitative estimate of drug-likeness (QED) is 0.788. The van der Waals surface area contributed by atoms with Crippen LogP contribution < -0.4 is 5.56 Å². The van der Waals surface area contributed by atoms with Gasteiger partial charge in [0.25, 0.3) is 11.5 Å². The number of nitrogens with zero attached hydrogens (tertiary/aromatic N) is 2. The summed E-state index contributed by atoms with van der Waals surface area (Å²) in [5, 5.41) is 19.3. The Labute approximate surface area is 139 Å². The number of pyridine rings is 1. The molecule has 24 heavy (non-hydrogen) atoms. The van der Waals surface area contributed by atoms with E-state index in [2.05, 4.69) is 4.98 Å². The van der Waals surface area contributed by atoms with Crippen molar-refractivity contribution in [2.45, 2.75) is 44.3 Å². The van der Waals surface area contributed by atoms with E-state index >= 15 is 0 Å². The second kappa shape index (κ2) is 6.38. The van der Waals surface area contributed by atoms with E-state index in [4.69, 9.17) is 10.00 Å². The van der Waals surface area contributed by atoms with Crippen LogP contribution in [0.4, 0.5) is 0 Å². The highest BCUT2D eigenvalue weighted by molar-refractivity contribution is 5.95. The van der Waals surface area contributed by atoms with E-state index in [0.717, 1.165) is 12.8 Å². The summed E-state index contributed by atoms with van der Waals surface area (Å²) in [6.45, 7) is 3.22. The van der Waals surface area contributed by atoms with Crippen LogP contribution in [-0.4, -0.2) is 52.3 Å². The van der Waals surface area contributed by atoms with E-state index in [-0.39, 0.29) is 11.5 Å². The average Bonchev–Trinajstić information content (AvgIpc) is 2.58. The Kier molecular flexibility index (Phi) is 4.43. The smallest absolute Gasteiger partial charge is 0.266 e. The molecule has 0 aromatic carbocycles. The number of aliphatic hydroxyl groups excluding tert-OH is 1. The monoisotopic (exact) mass is 331 g/mol. The molecule has 1 spiro atoms. The highest BCUT2D eigenvalue weighted by Crippen LogP contribution is 2.35. The first-order valence-electron chi connectivity index (χ1n) is 8.22. The summed E-state index contributed by atoms with van der Waals surface area (Å²) in [5.74, 6) is -0.208. The number of aromatic nitrogens is 1. The maximum atomic E-state index is 12.7. The lowest BCUT2D eigenvalue weighted by atomic mass is 9.82. The first-order valence-corrected chi connectivity index (χ1v) is 8.22. The Balaban J connectivity index is 1.77. The Morgan fingerprint density at radius 3 is 2.83 bits per heavy atom. The number of ether oxygens (including phenoxy) is 1. The lowest BCUT2D eigenvalue weighted by molar-refractivity contribution is -0.174. The Morgan fingerprint density at radius 2 is 2.21 bits per heavy atom. The number of piperidine rings is 1. The third-order valence-corrected chi connectivity index (χ3v) is 5.21. The molecule has 2 aliphatic heterocycles. The van der Waals surface area contributed by atoms with Crippen LogP contribution in [0.1, 0.15) is 47.2 Å². The fraction of sp³-hybridized carbons (Fsp3) is 0.588. The number of aliphatic hydroxyl groups is 1. The minimum absolute atomic E-state index is 0.0274. The molecule has 2 fully saturated rings. The van der Waals surface area contributed by atoms with Crippen molar-refractivity contribution in [3.63, 3.8) is 0 Å². The van der Waals surface area contributed by atoms with Gasteiger partial charge in [0.05, 0.1) is 17.3 Å². The zero-order valence-corrected chi connectivity index (χ0v) is 13.7. The van der Waals surface area contributed by atoms with Gasteiger partial charge in [-0.25, -0.2) is 0 Å². The van der Waals surface area contributed by atoms with Crippen LogP contribution in [0.2, 0.25) is 0 Å². The van der Waals surface area contributed by atoms with E-state index < -0.39 is 17.3 Å². The number of nitrogens with one attached hydrogen (secondary N) is 1. The Hall–Kier alpha value is -2.17. The zero-order valence-electron chi connectivity index (χ0n) is 13.7. The van der Waals surface area contributed by atoms with Crippen LogP contribution >= 0.6 is 0 Å². The van der Waals surface area contributed by atoms with Gasteiger partial charge in [0, 0.05) is 25.9 Å². The van der Waals surface area contributed by atoms with Crippen molar-refractivity contribution in [2.75, 3.05) is 19.7 Å². The van der Waals surface area contributed by atoms with Gasteiger partial charge in [-0.2, -0.15) is 5.26 Å². The summed E-state index contributed by atoms with van der Waals surface area (Å²) in [4.78, 5) is 28.5. The number of carbonyl (C=O) groups is 1. The van der Waals surface area contributed by atoms with Gasteiger partial charge in [-0.1, -0.05) is 0 Å². The molecule has 1 unspecified atom stereocenters. The summed E-state index contributed by atoms with van der Waals surface area (Å²) in [6.07, 6.45) is 3.67. The molecule has 2 N–H and O–H groups in total. The maximum absolute atomic E-state index is 12.7. The number of amides is 1. The number of likely N-dealkylation sites (tertiary alicyclic amines) is 1. The molecule has 2 aliphatic rings. The van der Waals surface area contributed by atoms with Crippen LogP contribution in [-0.2, 0) is 4.74 Å². The van der Waals surface area contributed by atoms with E-state index in [0.29, 0.717) is 43.7 Å². The van der Waals surface area contributed by atoms with Gasteiger partial charge in [-0.3, -0.25) is 9.59 Å². The van der Waals surface area contributed by atoms with Gasteiger partial charge < -0.3 is 19.7 Å². The fourth-order valence-electron chi connectivity index (χ4n) is 3.63. The summed E-state index contributed by atoms with van der Waals surface area (Å²) in [7, 11) is 0. The topological polar surface area (TPSA) is 106 Å². The third-order valence-electron chi connectivity index (χ3n) is 5.21. The highest BCUT2D eigenvalue weighted by Gasteiger charge is 2.44. The van der Waals surface area contributed by atoms with Gasteiger partial charge in [0.2, 0.25) is 0 Å². The van der Waals surface area contributed by atoms with Crippen molar-refractivity contribution >= 4 is 5.91 Å². The molecule has 3 rings (SSSR count). The van der Waals surface area contributed by atoms with Crippen LogP contribution in [0.3, 0.4) is 0 Å². The molecular weight excluding hydrogens is 310 g/mol. The number of rotatable bonds is 1. The molecule has 7 heteroatoms. The molecule has 1 amide bonds. The van der Waals surface area contributed by atoms with Crippen molar-refractivity contribution in [1.29, 1.82) is 5.26 Å². The number of carbonyl (C=O) groups excluding carboxylic acids is 1. The number of H-pyrrole nitrogens is 1. The Bertz CT molecular complexity index is 741. The predicted octanol–water partition coefficient (Wildman–Crippen LogP) is 0.701. The normalized spacial score (nSPS) is 23.0. The summed E-state index contributed by atoms with van der Waals surface area (Å²) < 4.78 is 5.85.